The number of hydrogen-bond acceptors (Lipinski definition) is 5. The van der Waals surface area contributed by atoms with E-state index < -0.39 is 0 Å². The van der Waals surface area contributed by atoms with Gasteiger partial charge in [-0.3, -0.25) is 4.79 Å². The fourth-order valence-corrected chi connectivity index (χ4v) is 3.79. The third kappa shape index (κ3) is 4.41. The fraction of sp³-hybridized carbons (Fsp3) is 0.174. The fourth-order valence-electron chi connectivity index (χ4n) is 3.19. The Hall–Kier alpha value is -3.45. The molecule has 6 nitrogen and oxygen atoms in total. The Morgan fingerprint density at radius 3 is 2.67 bits per heavy atom. The molecule has 152 valence electrons. The van der Waals surface area contributed by atoms with Gasteiger partial charge in [-0.15, -0.1) is 11.3 Å². The number of nitrogens with one attached hydrogen (secondary N) is 1. The van der Waals surface area contributed by atoms with Crippen LogP contribution in [0.2, 0.25) is 0 Å². The van der Waals surface area contributed by atoms with Crippen molar-refractivity contribution in [1.82, 2.24) is 14.8 Å². The molecular weight excluding hydrogens is 396 g/mol. The van der Waals surface area contributed by atoms with Crippen molar-refractivity contribution in [2.45, 2.75) is 27.4 Å². The molecule has 1 N–H and O–H groups in total. The average molecular weight is 419 g/mol. The van der Waals surface area contributed by atoms with E-state index in [0.29, 0.717) is 23.6 Å². The van der Waals surface area contributed by atoms with Gasteiger partial charge in [-0.05, 0) is 57.2 Å². The maximum absolute atomic E-state index is 12.9. The molecule has 2 aromatic heterocycles. The van der Waals surface area contributed by atoms with Crippen LogP contribution in [0.4, 0.5) is 5.69 Å². The first-order chi connectivity index (χ1) is 14.5. The van der Waals surface area contributed by atoms with Crippen molar-refractivity contribution in [2.75, 3.05) is 5.32 Å². The van der Waals surface area contributed by atoms with Crippen LogP contribution in [-0.4, -0.2) is 20.7 Å². The molecule has 0 fully saturated rings. The second-order valence-corrected chi connectivity index (χ2v) is 8.05. The second-order valence-electron chi connectivity index (χ2n) is 6.98. The molecule has 0 spiro atoms. The number of benzene rings is 2. The lowest BCUT2D eigenvalue weighted by atomic mass is 10.2. The molecule has 0 radical (unpaired) electrons. The minimum atomic E-state index is -0.209. The molecule has 0 aliphatic carbocycles. The maximum atomic E-state index is 12.9. The number of carbonyl (C=O) groups is 1. The van der Waals surface area contributed by atoms with Gasteiger partial charge >= 0.3 is 0 Å². The maximum Gasteiger partial charge on any atom is 0.255 e. The zero-order chi connectivity index (χ0) is 21.1. The highest BCUT2D eigenvalue weighted by Gasteiger charge is 2.13. The first kappa shape index (κ1) is 19.8. The summed E-state index contributed by atoms with van der Waals surface area (Å²) in [6.45, 7) is 6.27. The number of para-hydroxylation sites is 2. The van der Waals surface area contributed by atoms with Crippen LogP contribution in [-0.2, 0) is 6.61 Å². The van der Waals surface area contributed by atoms with Gasteiger partial charge in [-0.25, -0.2) is 9.67 Å². The lowest BCUT2D eigenvalue weighted by Crippen LogP contribution is -2.14. The number of aromatic nitrogens is 3. The highest BCUT2D eigenvalue weighted by molar-refractivity contribution is 7.09. The summed E-state index contributed by atoms with van der Waals surface area (Å²) in [5.41, 5.74) is 4.84. The van der Waals surface area contributed by atoms with E-state index >= 15 is 0 Å². The summed E-state index contributed by atoms with van der Waals surface area (Å²) in [5, 5.41) is 10.5. The van der Waals surface area contributed by atoms with E-state index in [1.54, 1.807) is 23.5 Å². The Kier molecular flexibility index (Phi) is 5.63. The van der Waals surface area contributed by atoms with Crippen molar-refractivity contribution in [2.24, 2.45) is 0 Å². The average Bonchev–Trinajstić information content (AvgIpc) is 3.31. The first-order valence-electron chi connectivity index (χ1n) is 9.57. The molecule has 4 rings (SSSR count). The predicted octanol–water partition coefficient (Wildman–Crippen LogP) is 5.09. The number of hydrogen-bond donors (Lipinski definition) is 1. The van der Waals surface area contributed by atoms with Gasteiger partial charge in [-0.2, -0.15) is 5.10 Å². The van der Waals surface area contributed by atoms with Gasteiger partial charge in [0, 0.05) is 16.6 Å². The SMILES string of the molecule is Cc1cc(C)n(-c2ccccc2NC(=O)c2cccc(OCc3csc(C)n3)c2)n1. The Bertz CT molecular complexity index is 1200. The Morgan fingerprint density at radius 2 is 1.93 bits per heavy atom. The number of ether oxygens (including phenoxy) is 1. The minimum Gasteiger partial charge on any atom is -0.487 e. The topological polar surface area (TPSA) is 69.0 Å². The molecule has 0 bridgehead atoms. The smallest absolute Gasteiger partial charge is 0.255 e. The summed E-state index contributed by atoms with van der Waals surface area (Å²) in [6, 6.07) is 16.8. The normalized spacial score (nSPS) is 10.8. The van der Waals surface area contributed by atoms with Gasteiger partial charge in [0.25, 0.3) is 5.91 Å². The molecular formula is C23H22N4O2S. The minimum absolute atomic E-state index is 0.209. The quantitative estimate of drug-likeness (QED) is 0.474. The summed E-state index contributed by atoms with van der Waals surface area (Å²) < 4.78 is 7.64. The molecule has 2 heterocycles. The standard InChI is InChI=1S/C23H22N4O2S/c1-15-11-16(2)27(26-15)22-10-5-4-9-21(22)25-23(28)18-7-6-8-20(12-18)29-13-19-14-30-17(3)24-19/h4-12,14H,13H2,1-3H3,(H,25,28). The highest BCUT2D eigenvalue weighted by Crippen LogP contribution is 2.23. The van der Waals surface area contributed by atoms with Crippen LogP contribution in [0.3, 0.4) is 0 Å². The molecule has 7 heteroatoms. The van der Waals surface area contributed by atoms with Crippen molar-refractivity contribution in [3.63, 3.8) is 0 Å². The Morgan fingerprint density at radius 1 is 1.10 bits per heavy atom. The summed E-state index contributed by atoms with van der Waals surface area (Å²) >= 11 is 1.59. The number of carbonyl (C=O) groups excluding carboxylic acids is 1. The van der Waals surface area contributed by atoms with Gasteiger partial charge in [0.05, 0.1) is 27.8 Å². The Balaban J connectivity index is 1.51. The van der Waals surface area contributed by atoms with Gasteiger partial charge in [0.1, 0.15) is 12.4 Å². The highest BCUT2D eigenvalue weighted by atomic mass is 32.1. The molecule has 4 aromatic rings. The van der Waals surface area contributed by atoms with Crippen molar-refractivity contribution in [3.8, 4) is 11.4 Å². The van der Waals surface area contributed by atoms with E-state index in [4.69, 9.17) is 4.74 Å². The van der Waals surface area contributed by atoms with E-state index in [1.165, 1.54) is 0 Å². The van der Waals surface area contributed by atoms with Crippen molar-refractivity contribution in [1.29, 1.82) is 0 Å². The summed E-state index contributed by atoms with van der Waals surface area (Å²) in [6.07, 6.45) is 0. The van der Waals surface area contributed by atoms with E-state index in [1.807, 2.05) is 73.3 Å². The van der Waals surface area contributed by atoms with Gasteiger partial charge in [-0.1, -0.05) is 18.2 Å². The molecule has 1 amide bonds. The van der Waals surface area contributed by atoms with E-state index in [2.05, 4.69) is 15.4 Å². The molecule has 30 heavy (non-hydrogen) atoms. The van der Waals surface area contributed by atoms with Crippen molar-refractivity contribution < 1.29 is 9.53 Å². The zero-order valence-corrected chi connectivity index (χ0v) is 17.9. The van der Waals surface area contributed by atoms with Gasteiger partial charge in [0.2, 0.25) is 0 Å². The third-order valence-electron chi connectivity index (χ3n) is 4.54. The predicted molar refractivity (Wildman–Crippen MR) is 119 cm³/mol. The largest absolute Gasteiger partial charge is 0.487 e. The molecule has 0 aliphatic heterocycles. The van der Waals surface area contributed by atoms with Crippen molar-refractivity contribution in [3.05, 3.63) is 87.6 Å². The monoisotopic (exact) mass is 418 g/mol. The molecule has 0 unspecified atom stereocenters. The number of aryl methyl sites for hydroxylation is 3. The van der Waals surface area contributed by atoms with Crippen LogP contribution in [0.5, 0.6) is 5.75 Å². The van der Waals surface area contributed by atoms with Crippen LogP contribution in [0.25, 0.3) is 5.69 Å². The van der Waals surface area contributed by atoms with Crippen LogP contribution in [0.15, 0.2) is 60.0 Å². The van der Waals surface area contributed by atoms with Crippen LogP contribution in [0.1, 0.15) is 32.4 Å². The number of nitrogens with zero attached hydrogens (tertiary/aromatic N) is 3. The van der Waals surface area contributed by atoms with E-state index in [0.717, 1.165) is 27.8 Å². The van der Waals surface area contributed by atoms with Gasteiger partial charge in [0.15, 0.2) is 0 Å². The van der Waals surface area contributed by atoms with Gasteiger partial charge < -0.3 is 10.1 Å². The summed E-state index contributed by atoms with van der Waals surface area (Å²) in [7, 11) is 0. The zero-order valence-electron chi connectivity index (χ0n) is 17.0. The lowest BCUT2D eigenvalue weighted by Gasteiger charge is -2.13. The second kappa shape index (κ2) is 8.51. The molecule has 0 saturated carbocycles. The van der Waals surface area contributed by atoms with E-state index in [-0.39, 0.29) is 5.91 Å². The molecule has 0 saturated heterocycles. The Labute approximate surface area is 179 Å². The van der Waals surface area contributed by atoms with Crippen LogP contribution in [0, 0.1) is 20.8 Å². The number of thiazole rings is 1. The summed E-state index contributed by atoms with van der Waals surface area (Å²) in [4.78, 5) is 17.3. The van der Waals surface area contributed by atoms with Crippen LogP contribution >= 0.6 is 11.3 Å². The summed E-state index contributed by atoms with van der Waals surface area (Å²) in [5.74, 6) is 0.416. The number of rotatable bonds is 6. The molecule has 0 atom stereocenters. The third-order valence-corrected chi connectivity index (χ3v) is 5.36. The van der Waals surface area contributed by atoms with Crippen molar-refractivity contribution >= 4 is 22.9 Å². The van der Waals surface area contributed by atoms with Crippen LogP contribution < -0.4 is 10.1 Å². The molecule has 2 aromatic carbocycles. The number of anilines is 1. The number of amides is 1. The first-order valence-corrected chi connectivity index (χ1v) is 10.5. The lowest BCUT2D eigenvalue weighted by molar-refractivity contribution is 0.102. The van der Waals surface area contributed by atoms with E-state index in [9.17, 15) is 4.79 Å². The molecule has 0 aliphatic rings.